The molecule has 0 spiro atoms. The summed E-state index contributed by atoms with van der Waals surface area (Å²) >= 11 is 0. The van der Waals surface area contributed by atoms with Gasteiger partial charge in [0, 0.05) is 49.7 Å². The number of hydrogen-bond acceptors (Lipinski definition) is 4. The molecule has 9 aromatic carbocycles. The van der Waals surface area contributed by atoms with Gasteiger partial charge in [0.15, 0.2) is 7.14 Å². The molecule has 0 bridgehead atoms. The largest absolute Gasteiger partial charge is 0.309 e. The van der Waals surface area contributed by atoms with Crippen molar-refractivity contribution in [3.05, 3.63) is 237 Å². The van der Waals surface area contributed by atoms with Crippen LogP contribution < -0.4 is 15.9 Å². The van der Waals surface area contributed by atoms with Gasteiger partial charge in [-0.1, -0.05) is 127 Å². The quantitative estimate of drug-likeness (QED) is 0.136. The normalized spacial score (nSPS) is 11.8. The molecule has 0 aliphatic heterocycles. The summed E-state index contributed by atoms with van der Waals surface area (Å²) in [5.41, 5.74) is 11.5. The fourth-order valence-corrected chi connectivity index (χ4v) is 11.7. The molecule has 3 heterocycles. The van der Waals surface area contributed by atoms with Crippen LogP contribution in [0.2, 0.25) is 0 Å². The van der Waals surface area contributed by atoms with Crippen LogP contribution >= 0.6 is 7.14 Å². The van der Waals surface area contributed by atoms with Crippen molar-refractivity contribution in [1.29, 1.82) is 0 Å². The Balaban J connectivity index is 1.01. The number of hydrogen-bond donors (Lipinski definition) is 0. The smallest absolute Gasteiger partial charge is 0.171 e. The van der Waals surface area contributed by atoms with E-state index in [1.165, 1.54) is 0 Å². The summed E-state index contributed by atoms with van der Waals surface area (Å²) in [7, 11) is -3.50. The van der Waals surface area contributed by atoms with Crippen LogP contribution in [-0.2, 0) is 4.57 Å². The average molecular weight is 855 g/mol. The van der Waals surface area contributed by atoms with Gasteiger partial charge in [0.05, 0.1) is 33.1 Å². The predicted molar refractivity (Wildman–Crippen MR) is 266 cm³/mol. The molecule has 65 heavy (non-hydrogen) atoms. The Hall–Kier alpha value is -8.38. The highest BCUT2D eigenvalue weighted by atomic mass is 31.2. The summed E-state index contributed by atoms with van der Waals surface area (Å²) in [6, 6.07) is 79.8. The van der Waals surface area contributed by atoms with Crippen LogP contribution in [0, 0.1) is 0 Å². The molecule has 12 aromatic rings. The highest BCUT2D eigenvalue weighted by Crippen LogP contribution is 2.44. The molecule has 0 aliphatic carbocycles. The van der Waals surface area contributed by atoms with Crippen molar-refractivity contribution in [2.75, 3.05) is 0 Å². The summed E-state index contributed by atoms with van der Waals surface area (Å²) in [4.78, 5) is 15.2. The average Bonchev–Trinajstić information content (AvgIpc) is 4.10. The second-order valence-corrected chi connectivity index (χ2v) is 18.8. The van der Waals surface area contributed by atoms with Gasteiger partial charge in [-0.05, 0) is 109 Å². The van der Waals surface area contributed by atoms with Crippen LogP contribution in [0.15, 0.2) is 237 Å². The van der Waals surface area contributed by atoms with Crippen molar-refractivity contribution < 1.29 is 4.57 Å². The Kier molecular flexibility index (Phi) is 9.29. The van der Waals surface area contributed by atoms with E-state index in [9.17, 15) is 0 Å². The summed E-state index contributed by atoms with van der Waals surface area (Å²) in [5.74, 6) is 2.54. The van der Waals surface area contributed by atoms with Gasteiger partial charge in [0.1, 0.15) is 17.5 Å². The molecule has 3 aromatic heterocycles. The minimum Gasteiger partial charge on any atom is -0.309 e. The van der Waals surface area contributed by atoms with Crippen molar-refractivity contribution in [2.45, 2.75) is 0 Å². The lowest BCUT2D eigenvalue weighted by Crippen LogP contribution is -2.25. The molecule has 0 aliphatic rings. The van der Waals surface area contributed by atoms with E-state index >= 15 is 4.57 Å². The Morgan fingerprint density at radius 3 is 0.800 bits per heavy atom. The Morgan fingerprint density at radius 1 is 0.277 bits per heavy atom. The molecule has 0 fully saturated rings. The Labute approximate surface area is 375 Å². The lowest BCUT2D eigenvalue weighted by Gasteiger charge is -2.22. The van der Waals surface area contributed by atoms with E-state index in [-0.39, 0.29) is 0 Å². The molecule has 0 atom stereocenters. The van der Waals surface area contributed by atoms with Gasteiger partial charge in [-0.25, -0.2) is 15.0 Å². The number of rotatable bonds is 9. The van der Waals surface area contributed by atoms with Crippen molar-refractivity contribution in [3.63, 3.8) is 0 Å². The molecule has 0 N–H and O–H groups in total. The lowest BCUT2D eigenvalue weighted by atomic mass is 10.2. The molecule has 308 valence electrons. The monoisotopic (exact) mass is 854 g/mol. The zero-order chi connectivity index (χ0) is 43.3. The van der Waals surface area contributed by atoms with Gasteiger partial charge >= 0.3 is 0 Å². The highest BCUT2D eigenvalue weighted by Gasteiger charge is 2.31. The van der Waals surface area contributed by atoms with Gasteiger partial charge in [-0.2, -0.15) is 0 Å². The van der Waals surface area contributed by atoms with Crippen LogP contribution in [0.25, 0.3) is 84.3 Å². The van der Waals surface area contributed by atoms with Crippen molar-refractivity contribution in [1.82, 2.24) is 28.7 Å². The fourth-order valence-electron chi connectivity index (χ4n) is 9.09. The zero-order valence-corrected chi connectivity index (χ0v) is 35.9. The molecule has 0 amide bonds. The Morgan fingerprint density at radius 2 is 0.523 bits per heavy atom. The first-order valence-electron chi connectivity index (χ1n) is 21.6. The standard InChI is InChI=1S/C57H39N6OP/c64-65(46-34-28-43(29-35-46)61-52-25-13-10-22-49(52)58-55(61)40-16-4-1-5-17-40,47-36-30-44(31-37-47)62-53-26-14-11-23-50(53)59-56(62)41-18-6-2-7-19-41)48-38-32-45(33-39-48)63-54-27-15-12-24-51(54)60-57(63)42-20-8-3-9-21-42/h1-39H. The first-order chi connectivity index (χ1) is 32.1. The second kappa shape index (κ2) is 15.8. The van der Waals surface area contributed by atoms with E-state index in [4.69, 9.17) is 15.0 Å². The molecule has 7 nitrogen and oxygen atoms in total. The Bertz CT molecular complexity index is 3320. The SMILES string of the molecule is O=P(c1ccc(-n2c(-c3ccccc3)nc3ccccc32)cc1)(c1ccc(-n2c(-c3ccccc3)nc3ccccc32)cc1)c1ccc(-n2c(-c3ccccc3)nc3ccccc32)cc1. The topological polar surface area (TPSA) is 70.5 Å². The third-order valence-electron chi connectivity index (χ3n) is 12.2. The van der Waals surface area contributed by atoms with Crippen LogP contribution in [-0.4, -0.2) is 28.7 Å². The first kappa shape index (κ1) is 38.3. The van der Waals surface area contributed by atoms with E-state index in [1.807, 2.05) is 146 Å². The van der Waals surface area contributed by atoms with Crippen LogP contribution in [0.1, 0.15) is 0 Å². The molecular formula is C57H39N6OP. The van der Waals surface area contributed by atoms with E-state index in [0.29, 0.717) is 0 Å². The maximum atomic E-state index is 16.5. The number of aromatic nitrogens is 6. The van der Waals surface area contributed by atoms with Crippen LogP contribution in [0.4, 0.5) is 0 Å². The maximum absolute atomic E-state index is 16.5. The van der Waals surface area contributed by atoms with Gasteiger partial charge in [-0.15, -0.1) is 0 Å². The van der Waals surface area contributed by atoms with Crippen molar-refractivity contribution in [3.8, 4) is 51.2 Å². The highest BCUT2D eigenvalue weighted by molar-refractivity contribution is 7.85. The lowest BCUT2D eigenvalue weighted by molar-refractivity contribution is 0.592. The zero-order valence-electron chi connectivity index (χ0n) is 35.1. The number of benzene rings is 9. The maximum Gasteiger partial charge on any atom is 0.171 e. The third-order valence-corrected chi connectivity index (χ3v) is 15.3. The van der Waals surface area contributed by atoms with Gasteiger partial charge in [-0.3, -0.25) is 13.7 Å². The molecule has 0 saturated heterocycles. The molecule has 0 unspecified atom stereocenters. The van der Waals surface area contributed by atoms with Crippen LogP contribution in [0.3, 0.4) is 0 Å². The fraction of sp³-hybridized carbons (Fsp3) is 0. The number of para-hydroxylation sites is 6. The molecule has 0 saturated carbocycles. The predicted octanol–water partition coefficient (Wildman–Crippen LogP) is 12.3. The number of fused-ring (bicyclic) bond motifs is 3. The summed E-state index contributed by atoms with van der Waals surface area (Å²) < 4.78 is 23.0. The summed E-state index contributed by atoms with van der Waals surface area (Å²) in [5, 5.41) is 2.18. The summed E-state index contributed by atoms with van der Waals surface area (Å²) in [6.07, 6.45) is 0. The van der Waals surface area contributed by atoms with Gasteiger partial charge in [0.25, 0.3) is 0 Å². The third kappa shape index (κ3) is 6.52. The number of nitrogens with zero attached hydrogens (tertiary/aromatic N) is 6. The van der Waals surface area contributed by atoms with E-state index in [0.717, 1.165) is 100 Å². The van der Waals surface area contributed by atoms with E-state index < -0.39 is 7.14 Å². The minimum absolute atomic E-state index is 0.726. The minimum atomic E-state index is -3.50. The van der Waals surface area contributed by atoms with Gasteiger partial charge in [0.2, 0.25) is 0 Å². The second-order valence-electron chi connectivity index (χ2n) is 16.0. The summed E-state index contributed by atoms with van der Waals surface area (Å²) in [6.45, 7) is 0. The molecule has 12 rings (SSSR count). The van der Waals surface area contributed by atoms with Crippen LogP contribution in [0.5, 0.6) is 0 Å². The van der Waals surface area contributed by atoms with Crippen molar-refractivity contribution >= 4 is 56.2 Å². The van der Waals surface area contributed by atoms with E-state index in [1.54, 1.807) is 0 Å². The van der Waals surface area contributed by atoms with E-state index in [2.05, 4.69) is 105 Å². The first-order valence-corrected chi connectivity index (χ1v) is 23.3. The number of imidazole rings is 3. The van der Waals surface area contributed by atoms with Gasteiger partial charge < -0.3 is 4.57 Å². The molecular weight excluding hydrogens is 816 g/mol. The van der Waals surface area contributed by atoms with Crippen molar-refractivity contribution in [2.24, 2.45) is 0 Å². The molecule has 8 heteroatoms. The molecule has 0 radical (unpaired) electrons.